The van der Waals surface area contributed by atoms with Gasteiger partial charge in [0.2, 0.25) is 0 Å². The molecule has 136 valence electrons. The third-order valence-corrected chi connectivity index (χ3v) is 5.14. The number of carbonyl (C=O) groups is 1. The van der Waals surface area contributed by atoms with Crippen molar-refractivity contribution in [2.24, 2.45) is 4.99 Å². The van der Waals surface area contributed by atoms with Crippen LogP contribution in [0.25, 0.3) is 10.2 Å². The summed E-state index contributed by atoms with van der Waals surface area (Å²) >= 11 is 1.41. The fourth-order valence-corrected chi connectivity index (χ4v) is 3.92. The Hall–Kier alpha value is -2.80. The molecule has 0 bridgehead atoms. The van der Waals surface area contributed by atoms with Crippen LogP contribution in [0.15, 0.2) is 41.4 Å². The molecular weight excluding hydrogens is 352 g/mol. The number of aryl methyl sites for hydroxylation is 1. The Bertz CT molecular complexity index is 1000. The van der Waals surface area contributed by atoms with Gasteiger partial charge in [-0.15, -0.1) is 0 Å². The van der Waals surface area contributed by atoms with Crippen molar-refractivity contribution in [1.82, 2.24) is 4.57 Å². The molecule has 0 aliphatic rings. The first-order chi connectivity index (χ1) is 12.6. The van der Waals surface area contributed by atoms with Crippen LogP contribution in [-0.2, 0) is 6.54 Å². The third kappa shape index (κ3) is 3.17. The van der Waals surface area contributed by atoms with Crippen molar-refractivity contribution in [2.45, 2.75) is 13.5 Å². The standard InChI is InChI=1S/C19H20N2O4S/c1-5-21-16-14(24-3)10-11-15(25-4)17(16)26-19(21)20-18(22)12-6-8-13(23-2)9-7-12/h6-11H,5H2,1-4H3. The van der Waals surface area contributed by atoms with E-state index in [1.165, 1.54) is 11.3 Å². The van der Waals surface area contributed by atoms with Gasteiger partial charge in [0, 0.05) is 12.1 Å². The van der Waals surface area contributed by atoms with Crippen LogP contribution in [0, 0.1) is 0 Å². The second-order valence-corrected chi connectivity index (χ2v) is 6.40. The van der Waals surface area contributed by atoms with Crippen molar-refractivity contribution in [3.63, 3.8) is 0 Å². The summed E-state index contributed by atoms with van der Waals surface area (Å²) in [4.78, 5) is 17.5. The van der Waals surface area contributed by atoms with Crippen LogP contribution < -0.4 is 19.0 Å². The van der Waals surface area contributed by atoms with E-state index in [1.54, 1.807) is 45.6 Å². The Kier molecular flexibility index (Phi) is 5.27. The van der Waals surface area contributed by atoms with Crippen LogP contribution >= 0.6 is 11.3 Å². The normalized spacial score (nSPS) is 11.6. The van der Waals surface area contributed by atoms with Crippen LogP contribution in [0.3, 0.4) is 0 Å². The first kappa shape index (κ1) is 18.0. The number of aromatic nitrogens is 1. The maximum absolute atomic E-state index is 12.6. The van der Waals surface area contributed by atoms with E-state index < -0.39 is 0 Å². The summed E-state index contributed by atoms with van der Waals surface area (Å²) in [5.41, 5.74) is 1.38. The van der Waals surface area contributed by atoms with Crippen LogP contribution in [0.5, 0.6) is 17.2 Å². The number of fused-ring (bicyclic) bond motifs is 1. The first-order valence-electron chi connectivity index (χ1n) is 8.10. The van der Waals surface area contributed by atoms with Crippen LogP contribution in [0.1, 0.15) is 17.3 Å². The van der Waals surface area contributed by atoms with Crippen molar-refractivity contribution in [2.75, 3.05) is 21.3 Å². The molecule has 0 atom stereocenters. The van der Waals surface area contributed by atoms with Gasteiger partial charge in [-0.3, -0.25) is 4.79 Å². The number of hydrogen-bond acceptors (Lipinski definition) is 5. The van der Waals surface area contributed by atoms with Gasteiger partial charge in [-0.25, -0.2) is 0 Å². The fraction of sp³-hybridized carbons (Fsp3) is 0.263. The van der Waals surface area contributed by atoms with Gasteiger partial charge in [-0.05, 0) is 43.3 Å². The van der Waals surface area contributed by atoms with Crippen LogP contribution in [-0.4, -0.2) is 31.8 Å². The summed E-state index contributed by atoms with van der Waals surface area (Å²) in [5.74, 6) is 1.84. The minimum Gasteiger partial charge on any atom is -0.497 e. The number of nitrogens with zero attached hydrogens (tertiary/aromatic N) is 2. The molecule has 0 saturated heterocycles. The van der Waals surface area contributed by atoms with Gasteiger partial charge in [0.1, 0.15) is 27.5 Å². The number of benzene rings is 2. The summed E-state index contributed by atoms with van der Waals surface area (Å²) in [7, 11) is 4.83. The Labute approximate surface area is 155 Å². The van der Waals surface area contributed by atoms with Gasteiger partial charge in [0.05, 0.1) is 21.3 Å². The van der Waals surface area contributed by atoms with Crippen molar-refractivity contribution in [3.05, 3.63) is 46.8 Å². The molecule has 1 amide bonds. The highest BCUT2D eigenvalue weighted by atomic mass is 32.1. The van der Waals surface area contributed by atoms with Crippen molar-refractivity contribution in [1.29, 1.82) is 0 Å². The zero-order chi connectivity index (χ0) is 18.7. The predicted octanol–water partition coefficient (Wildman–Crippen LogP) is 3.49. The Morgan fingerprint density at radius 1 is 1.00 bits per heavy atom. The third-order valence-electron chi connectivity index (χ3n) is 4.04. The minimum absolute atomic E-state index is 0.306. The summed E-state index contributed by atoms with van der Waals surface area (Å²) in [6.07, 6.45) is 0. The molecule has 1 heterocycles. The molecule has 0 radical (unpaired) electrons. The number of amides is 1. The van der Waals surface area contributed by atoms with Gasteiger partial charge in [-0.2, -0.15) is 4.99 Å². The van der Waals surface area contributed by atoms with Gasteiger partial charge >= 0.3 is 0 Å². The zero-order valence-corrected chi connectivity index (χ0v) is 15.9. The van der Waals surface area contributed by atoms with Crippen molar-refractivity contribution >= 4 is 27.5 Å². The lowest BCUT2D eigenvalue weighted by molar-refractivity contribution is 0.0998. The molecule has 3 rings (SSSR count). The molecule has 1 aromatic heterocycles. The Morgan fingerprint density at radius 3 is 2.23 bits per heavy atom. The monoisotopic (exact) mass is 372 g/mol. The molecule has 7 heteroatoms. The molecule has 0 aliphatic heterocycles. The quantitative estimate of drug-likeness (QED) is 0.688. The number of carbonyl (C=O) groups excluding carboxylic acids is 1. The number of ether oxygens (including phenoxy) is 3. The molecule has 0 spiro atoms. The van der Waals surface area contributed by atoms with E-state index in [9.17, 15) is 4.79 Å². The highest BCUT2D eigenvalue weighted by Crippen LogP contribution is 2.35. The van der Waals surface area contributed by atoms with Crippen molar-refractivity contribution < 1.29 is 19.0 Å². The second-order valence-electron chi connectivity index (χ2n) is 5.42. The minimum atomic E-state index is -0.306. The van der Waals surface area contributed by atoms with E-state index in [-0.39, 0.29) is 5.91 Å². The summed E-state index contributed by atoms with van der Waals surface area (Å²) in [6, 6.07) is 10.6. The topological polar surface area (TPSA) is 62.1 Å². The van der Waals surface area contributed by atoms with Gasteiger partial charge in [-0.1, -0.05) is 11.3 Å². The maximum Gasteiger partial charge on any atom is 0.279 e. The smallest absolute Gasteiger partial charge is 0.279 e. The average molecular weight is 372 g/mol. The lowest BCUT2D eigenvalue weighted by atomic mass is 10.2. The summed E-state index contributed by atoms with van der Waals surface area (Å²) in [5, 5.41) is 0. The summed E-state index contributed by atoms with van der Waals surface area (Å²) < 4.78 is 18.9. The molecule has 0 saturated carbocycles. The summed E-state index contributed by atoms with van der Waals surface area (Å²) in [6.45, 7) is 2.65. The van der Waals surface area contributed by atoms with E-state index in [1.807, 2.05) is 23.6 Å². The average Bonchev–Trinajstić information content (AvgIpc) is 3.05. The highest BCUT2D eigenvalue weighted by Gasteiger charge is 2.16. The van der Waals surface area contributed by atoms with Crippen LogP contribution in [0.4, 0.5) is 0 Å². The van der Waals surface area contributed by atoms with Crippen LogP contribution in [0.2, 0.25) is 0 Å². The van der Waals surface area contributed by atoms with E-state index >= 15 is 0 Å². The molecule has 2 aromatic carbocycles. The molecule has 0 aliphatic carbocycles. The SMILES string of the molecule is CCn1c(=NC(=O)c2ccc(OC)cc2)sc2c(OC)ccc(OC)c21. The predicted molar refractivity (Wildman–Crippen MR) is 101 cm³/mol. The highest BCUT2D eigenvalue weighted by molar-refractivity contribution is 7.16. The number of rotatable bonds is 5. The van der Waals surface area contributed by atoms with Gasteiger partial charge in [0.15, 0.2) is 4.80 Å². The molecule has 0 fully saturated rings. The van der Waals surface area contributed by atoms with Gasteiger partial charge in [0.25, 0.3) is 5.91 Å². The van der Waals surface area contributed by atoms with Crippen molar-refractivity contribution in [3.8, 4) is 17.2 Å². The lowest BCUT2D eigenvalue weighted by Gasteiger charge is -2.08. The second kappa shape index (κ2) is 7.61. The molecule has 0 N–H and O–H groups in total. The number of methoxy groups -OCH3 is 3. The van der Waals surface area contributed by atoms with E-state index in [0.29, 0.717) is 22.7 Å². The lowest BCUT2D eigenvalue weighted by Crippen LogP contribution is -2.16. The zero-order valence-electron chi connectivity index (χ0n) is 15.1. The number of thiazole rings is 1. The number of hydrogen-bond donors (Lipinski definition) is 0. The molecule has 3 aromatic rings. The Morgan fingerprint density at radius 2 is 1.65 bits per heavy atom. The fourth-order valence-electron chi connectivity index (χ4n) is 2.72. The molecule has 0 unspecified atom stereocenters. The first-order valence-corrected chi connectivity index (χ1v) is 8.92. The van der Waals surface area contributed by atoms with E-state index in [4.69, 9.17) is 14.2 Å². The Balaban J connectivity index is 2.17. The largest absolute Gasteiger partial charge is 0.497 e. The molecule has 6 nitrogen and oxygen atoms in total. The molecular formula is C19H20N2O4S. The molecule has 26 heavy (non-hydrogen) atoms. The van der Waals surface area contributed by atoms with Gasteiger partial charge < -0.3 is 18.8 Å². The van der Waals surface area contributed by atoms with E-state index in [2.05, 4.69) is 4.99 Å². The maximum atomic E-state index is 12.6. The van der Waals surface area contributed by atoms with E-state index in [0.717, 1.165) is 21.7 Å².